The van der Waals surface area contributed by atoms with Gasteiger partial charge in [0.1, 0.15) is 11.0 Å². The number of anilines is 1. The smallest absolute Gasteiger partial charge is 0.230 e. The molecule has 1 aromatic carbocycles. The van der Waals surface area contributed by atoms with E-state index in [2.05, 4.69) is 34.0 Å². The molecular formula is C25H34ClN5O2S. The van der Waals surface area contributed by atoms with Gasteiger partial charge >= 0.3 is 0 Å². The number of nitrogens with zero attached hydrogens (tertiary/aromatic N) is 4. The maximum absolute atomic E-state index is 12.6. The van der Waals surface area contributed by atoms with Gasteiger partial charge in [0.05, 0.1) is 11.8 Å². The van der Waals surface area contributed by atoms with Gasteiger partial charge in [-0.15, -0.1) is 0 Å². The summed E-state index contributed by atoms with van der Waals surface area (Å²) in [6, 6.07) is 11.6. The first-order chi connectivity index (χ1) is 16.4. The van der Waals surface area contributed by atoms with Crippen LogP contribution in [0.25, 0.3) is 0 Å². The molecule has 0 unspecified atom stereocenters. The van der Waals surface area contributed by atoms with E-state index in [1.165, 1.54) is 11.8 Å². The average Bonchev–Trinajstić information content (AvgIpc) is 2.83. The van der Waals surface area contributed by atoms with Gasteiger partial charge in [-0.05, 0) is 25.8 Å². The number of amides is 2. The maximum Gasteiger partial charge on any atom is 0.230 e. The predicted molar refractivity (Wildman–Crippen MR) is 138 cm³/mol. The number of carbonyl (C=O) groups is 2. The number of thioether (sulfide) groups is 1. The molecule has 3 rings (SSSR count). The molecule has 0 aliphatic carbocycles. The number of aromatic nitrogens is 2. The Morgan fingerprint density at radius 3 is 2.68 bits per heavy atom. The quantitative estimate of drug-likeness (QED) is 0.219. The van der Waals surface area contributed by atoms with Crippen molar-refractivity contribution < 1.29 is 9.59 Å². The van der Waals surface area contributed by atoms with Gasteiger partial charge in [-0.25, -0.2) is 9.97 Å². The molecule has 1 fully saturated rings. The minimum atomic E-state index is -0.0877. The lowest BCUT2D eigenvalue weighted by molar-refractivity contribution is -0.133. The van der Waals surface area contributed by atoms with Crippen molar-refractivity contribution in [3.05, 3.63) is 47.1 Å². The minimum absolute atomic E-state index is 0.0763. The summed E-state index contributed by atoms with van der Waals surface area (Å²) in [7, 11) is 0. The van der Waals surface area contributed by atoms with Crippen molar-refractivity contribution in [3.63, 3.8) is 0 Å². The summed E-state index contributed by atoms with van der Waals surface area (Å²) in [6.07, 6.45) is 3.76. The third-order valence-corrected chi connectivity index (χ3v) is 6.98. The molecule has 0 radical (unpaired) electrons. The fourth-order valence-corrected chi connectivity index (χ4v) is 4.95. The van der Waals surface area contributed by atoms with Crippen LogP contribution in [0.1, 0.15) is 58.1 Å². The van der Waals surface area contributed by atoms with Crippen molar-refractivity contribution in [3.8, 4) is 0 Å². The molecule has 0 saturated carbocycles. The summed E-state index contributed by atoms with van der Waals surface area (Å²) in [6.45, 7) is 8.21. The van der Waals surface area contributed by atoms with Gasteiger partial charge in [-0.1, -0.05) is 73.5 Å². The zero-order valence-electron chi connectivity index (χ0n) is 20.2. The first-order valence-electron chi connectivity index (χ1n) is 11.9. The van der Waals surface area contributed by atoms with E-state index < -0.39 is 0 Å². The Morgan fingerprint density at radius 1 is 1.21 bits per heavy atom. The van der Waals surface area contributed by atoms with Crippen LogP contribution in [0.2, 0.25) is 5.15 Å². The van der Waals surface area contributed by atoms with Crippen LogP contribution in [0.15, 0.2) is 41.6 Å². The Hall–Kier alpha value is -2.32. The number of hydrogen-bond acceptors (Lipinski definition) is 6. The van der Waals surface area contributed by atoms with Crippen LogP contribution < -0.4 is 10.2 Å². The fourth-order valence-electron chi connectivity index (χ4n) is 4.06. The second kappa shape index (κ2) is 13.0. The third kappa shape index (κ3) is 7.60. The van der Waals surface area contributed by atoms with Crippen LogP contribution in [0.3, 0.4) is 0 Å². The highest BCUT2D eigenvalue weighted by Gasteiger charge is 2.28. The van der Waals surface area contributed by atoms with Crippen molar-refractivity contribution >= 4 is 41.0 Å². The molecule has 184 valence electrons. The molecule has 2 amide bonds. The van der Waals surface area contributed by atoms with Crippen molar-refractivity contribution in [1.82, 2.24) is 20.2 Å². The van der Waals surface area contributed by atoms with Gasteiger partial charge in [-0.3, -0.25) is 9.59 Å². The average molecular weight is 504 g/mol. The van der Waals surface area contributed by atoms with E-state index in [0.717, 1.165) is 30.6 Å². The highest BCUT2D eigenvalue weighted by Crippen LogP contribution is 2.24. The number of rotatable bonds is 10. The van der Waals surface area contributed by atoms with Crippen molar-refractivity contribution in [2.45, 2.75) is 63.7 Å². The number of nitrogens with one attached hydrogen (secondary N) is 1. The highest BCUT2D eigenvalue weighted by molar-refractivity contribution is 7.99. The van der Waals surface area contributed by atoms with Crippen molar-refractivity contribution in [2.24, 2.45) is 0 Å². The number of carbonyl (C=O) groups excluding carboxylic acids is 2. The molecule has 1 aliphatic rings. The van der Waals surface area contributed by atoms with Crippen LogP contribution >= 0.6 is 23.4 Å². The largest absolute Gasteiger partial charge is 0.353 e. The van der Waals surface area contributed by atoms with Crippen LogP contribution in [-0.2, 0) is 9.59 Å². The van der Waals surface area contributed by atoms with Gasteiger partial charge in [0.15, 0.2) is 5.16 Å². The van der Waals surface area contributed by atoms with Gasteiger partial charge in [0, 0.05) is 38.2 Å². The Kier molecular flexibility index (Phi) is 10.0. The monoisotopic (exact) mass is 503 g/mol. The summed E-state index contributed by atoms with van der Waals surface area (Å²) in [5.74, 6) is 1.07. The zero-order chi connectivity index (χ0) is 24.5. The molecule has 34 heavy (non-hydrogen) atoms. The van der Waals surface area contributed by atoms with E-state index in [0.29, 0.717) is 36.4 Å². The summed E-state index contributed by atoms with van der Waals surface area (Å²) >= 11 is 7.54. The second-order valence-corrected chi connectivity index (χ2v) is 9.99. The minimum Gasteiger partial charge on any atom is -0.353 e. The second-order valence-electron chi connectivity index (χ2n) is 8.66. The Morgan fingerprint density at radius 2 is 1.97 bits per heavy atom. The fraction of sp³-hybridized carbons (Fsp3) is 0.520. The number of unbranched alkanes of at least 4 members (excludes halogenated alkanes) is 2. The Balaban J connectivity index is 1.54. The highest BCUT2D eigenvalue weighted by atomic mass is 35.5. The van der Waals surface area contributed by atoms with Gasteiger partial charge in [0.2, 0.25) is 11.8 Å². The summed E-state index contributed by atoms with van der Waals surface area (Å²) in [4.78, 5) is 38.0. The van der Waals surface area contributed by atoms with Crippen molar-refractivity contribution in [1.29, 1.82) is 0 Å². The van der Waals surface area contributed by atoms with E-state index in [9.17, 15) is 9.59 Å². The zero-order valence-corrected chi connectivity index (χ0v) is 21.7. The molecule has 0 bridgehead atoms. The Labute approximate surface area is 211 Å². The predicted octanol–water partition coefficient (Wildman–Crippen LogP) is 4.72. The molecule has 2 atom stereocenters. The normalized spacial score (nSPS) is 16.9. The van der Waals surface area contributed by atoms with E-state index in [4.69, 9.17) is 11.6 Å². The lowest BCUT2D eigenvalue weighted by Crippen LogP contribution is -2.54. The molecule has 2 heterocycles. The molecule has 2 aromatic rings. The van der Waals surface area contributed by atoms with Crippen LogP contribution in [0.4, 0.5) is 5.82 Å². The lowest BCUT2D eigenvalue weighted by atomic mass is 10.1. The van der Waals surface area contributed by atoms with Gasteiger partial charge < -0.3 is 15.1 Å². The SMILES string of the molecule is CCCCCC(=O)N1CCN(c2cc(Cl)nc(SCC(=O)N[C@H](C)c3ccccc3)n2)C[C@H]1C. The summed E-state index contributed by atoms with van der Waals surface area (Å²) in [5, 5.41) is 3.81. The number of hydrogen-bond donors (Lipinski definition) is 1. The third-order valence-electron chi connectivity index (χ3n) is 5.94. The first-order valence-corrected chi connectivity index (χ1v) is 13.3. The molecular weight excluding hydrogens is 470 g/mol. The molecule has 1 saturated heterocycles. The van der Waals surface area contributed by atoms with E-state index in [-0.39, 0.29) is 29.7 Å². The topological polar surface area (TPSA) is 78.4 Å². The van der Waals surface area contributed by atoms with E-state index in [1.807, 2.05) is 42.2 Å². The summed E-state index contributed by atoms with van der Waals surface area (Å²) in [5.41, 5.74) is 1.05. The van der Waals surface area contributed by atoms with Crippen LogP contribution in [0.5, 0.6) is 0 Å². The molecule has 1 aromatic heterocycles. The maximum atomic E-state index is 12.6. The molecule has 1 aliphatic heterocycles. The van der Waals surface area contributed by atoms with E-state index in [1.54, 1.807) is 6.07 Å². The molecule has 1 N–H and O–H groups in total. The van der Waals surface area contributed by atoms with Crippen molar-refractivity contribution in [2.75, 3.05) is 30.3 Å². The van der Waals surface area contributed by atoms with Crippen LogP contribution in [0, 0.1) is 0 Å². The number of benzene rings is 1. The molecule has 9 heteroatoms. The number of piperazine rings is 1. The Bertz CT molecular complexity index is 962. The number of halogens is 1. The van der Waals surface area contributed by atoms with E-state index >= 15 is 0 Å². The molecule has 0 spiro atoms. The van der Waals surface area contributed by atoms with Crippen LogP contribution in [-0.4, -0.2) is 58.1 Å². The summed E-state index contributed by atoms with van der Waals surface area (Å²) < 4.78 is 0. The molecule has 7 nitrogen and oxygen atoms in total. The lowest BCUT2D eigenvalue weighted by Gasteiger charge is -2.40. The first kappa shape index (κ1) is 26.3. The van der Waals surface area contributed by atoms with Gasteiger partial charge in [-0.2, -0.15) is 0 Å². The standard InChI is InChI=1S/C25H34ClN5O2S/c1-4-5-7-12-24(33)31-14-13-30(16-18(31)2)22-15-21(26)28-25(29-22)34-17-23(32)27-19(3)20-10-8-6-9-11-20/h6,8-11,15,18-19H,4-5,7,12-14,16-17H2,1-3H3,(H,27,32)/t18-,19-/m1/s1. The van der Waals surface area contributed by atoms with Gasteiger partial charge in [0.25, 0.3) is 0 Å².